The smallest absolute Gasteiger partial charge is 0.240 e. The number of carbonyl (C=O) groups excluding carboxylic acids is 1. The summed E-state index contributed by atoms with van der Waals surface area (Å²) in [5.74, 6) is -0.810. The Bertz CT molecular complexity index is 979. The van der Waals surface area contributed by atoms with Gasteiger partial charge >= 0.3 is 0 Å². The van der Waals surface area contributed by atoms with E-state index < -0.39 is 15.7 Å². The van der Waals surface area contributed by atoms with Gasteiger partial charge in [-0.15, -0.1) is 0 Å². The van der Waals surface area contributed by atoms with Gasteiger partial charge in [0.05, 0.1) is 4.90 Å². The summed E-state index contributed by atoms with van der Waals surface area (Å²) in [6.07, 6.45) is 0. The molecule has 6 heteroatoms. The van der Waals surface area contributed by atoms with Gasteiger partial charge in [-0.3, -0.25) is 4.79 Å². The maximum atomic E-state index is 12.5. The third-order valence-electron chi connectivity index (χ3n) is 4.28. The van der Waals surface area contributed by atoms with Crippen LogP contribution in [0.1, 0.15) is 5.56 Å². The SMILES string of the molecule is Cc1ccc(S(=O)(=O)CNC(=O)CN(c2ccccc2)c2ccccc2)cc1. The number of nitrogens with zero attached hydrogens (tertiary/aromatic N) is 1. The third kappa shape index (κ3) is 4.98. The lowest BCUT2D eigenvalue weighted by Crippen LogP contribution is -2.37. The van der Waals surface area contributed by atoms with Gasteiger partial charge < -0.3 is 10.2 Å². The average molecular weight is 394 g/mol. The molecule has 0 aliphatic heterocycles. The number of anilines is 2. The van der Waals surface area contributed by atoms with Crippen molar-refractivity contribution in [1.82, 2.24) is 5.32 Å². The van der Waals surface area contributed by atoms with Crippen LogP contribution in [0.3, 0.4) is 0 Å². The number of carbonyl (C=O) groups is 1. The maximum Gasteiger partial charge on any atom is 0.240 e. The first-order valence-corrected chi connectivity index (χ1v) is 10.5. The van der Waals surface area contributed by atoms with Crippen LogP contribution in [0.25, 0.3) is 0 Å². The third-order valence-corrected chi connectivity index (χ3v) is 5.79. The second kappa shape index (κ2) is 8.71. The van der Waals surface area contributed by atoms with Gasteiger partial charge in [0.1, 0.15) is 12.4 Å². The molecular weight excluding hydrogens is 372 g/mol. The first-order chi connectivity index (χ1) is 13.5. The van der Waals surface area contributed by atoms with E-state index in [-0.39, 0.29) is 17.3 Å². The molecule has 1 N–H and O–H groups in total. The summed E-state index contributed by atoms with van der Waals surface area (Å²) in [5, 5.41) is 2.54. The lowest BCUT2D eigenvalue weighted by atomic mass is 10.2. The minimum absolute atomic E-state index is 0.0114. The van der Waals surface area contributed by atoms with E-state index >= 15 is 0 Å². The van der Waals surface area contributed by atoms with E-state index in [0.29, 0.717) is 0 Å². The summed E-state index contributed by atoms with van der Waals surface area (Å²) < 4.78 is 24.9. The summed E-state index contributed by atoms with van der Waals surface area (Å²) in [5.41, 5.74) is 2.68. The lowest BCUT2D eigenvalue weighted by Gasteiger charge is -2.24. The average Bonchev–Trinajstić information content (AvgIpc) is 2.72. The Balaban J connectivity index is 1.71. The first-order valence-electron chi connectivity index (χ1n) is 8.89. The van der Waals surface area contributed by atoms with Crippen molar-refractivity contribution in [2.75, 3.05) is 17.3 Å². The first kappa shape index (κ1) is 19.6. The number of para-hydroxylation sites is 2. The van der Waals surface area contributed by atoms with E-state index in [1.807, 2.05) is 72.5 Å². The second-order valence-electron chi connectivity index (χ2n) is 6.43. The molecule has 3 rings (SSSR count). The van der Waals surface area contributed by atoms with E-state index in [0.717, 1.165) is 16.9 Å². The van der Waals surface area contributed by atoms with Crippen molar-refractivity contribution >= 4 is 27.1 Å². The fraction of sp³-hybridized carbons (Fsp3) is 0.136. The quantitative estimate of drug-likeness (QED) is 0.664. The minimum atomic E-state index is -3.59. The molecule has 0 aliphatic carbocycles. The molecule has 5 nitrogen and oxygen atoms in total. The summed E-state index contributed by atoms with van der Waals surface area (Å²) in [6, 6.07) is 25.6. The van der Waals surface area contributed by atoms with Crippen molar-refractivity contribution in [1.29, 1.82) is 0 Å². The highest BCUT2D eigenvalue weighted by molar-refractivity contribution is 7.91. The van der Waals surface area contributed by atoms with Gasteiger partial charge in [-0.05, 0) is 43.3 Å². The molecule has 0 aliphatic rings. The Morgan fingerprint density at radius 3 is 1.82 bits per heavy atom. The standard InChI is InChI=1S/C22H22N2O3S/c1-18-12-14-21(15-13-18)28(26,27)17-23-22(25)16-24(19-8-4-2-5-9-19)20-10-6-3-7-11-20/h2-15H,16-17H2,1H3,(H,23,25). The molecule has 28 heavy (non-hydrogen) atoms. The zero-order valence-electron chi connectivity index (χ0n) is 15.6. The summed E-state index contributed by atoms with van der Waals surface area (Å²) >= 11 is 0. The van der Waals surface area contributed by atoms with Gasteiger partial charge in [-0.1, -0.05) is 54.1 Å². The predicted molar refractivity (Wildman–Crippen MR) is 111 cm³/mol. The van der Waals surface area contributed by atoms with Crippen LogP contribution < -0.4 is 10.2 Å². The summed E-state index contributed by atoms with van der Waals surface area (Å²) in [6.45, 7) is 1.90. The van der Waals surface area contributed by atoms with Crippen LogP contribution >= 0.6 is 0 Å². The van der Waals surface area contributed by atoms with Gasteiger partial charge in [0.2, 0.25) is 5.91 Å². The molecule has 1 amide bonds. The number of sulfone groups is 1. The van der Waals surface area contributed by atoms with Crippen LogP contribution in [-0.2, 0) is 14.6 Å². The van der Waals surface area contributed by atoms with Crippen molar-refractivity contribution in [3.05, 3.63) is 90.5 Å². The predicted octanol–water partition coefficient (Wildman–Crippen LogP) is 3.68. The van der Waals surface area contributed by atoms with Crippen LogP contribution in [0.15, 0.2) is 89.8 Å². The zero-order chi connectivity index (χ0) is 20.0. The molecule has 0 radical (unpaired) electrons. The summed E-state index contributed by atoms with van der Waals surface area (Å²) in [7, 11) is -3.59. The molecule has 0 bridgehead atoms. The Labute approximate surface area is 165 Å². The van der Waals surface area contributed by atoms with Crippen molar-refractivity contribution in [2.24, 2.45) is 0 Å². The van der Waals surface area contributed by atoms with Gasteiger partial charge in [-0.2, -0.15) is 0 Å². The van der Waals surface area contributed by atoms with Gasteiger partial charge in [0.15, 0.2) is 9.84 Å². The zero-order valence-corrected chi connectivity index (χ0v) is 16.4. The van der Waals surface area contributed by atoms with E-state index in [9.17, 15) is 13.2 Å². The highest BCUT2D eigenvalue weighted by Crippen LogP contribution is 2.24. The Morgan fingerprint density at radius 2 is 1.32 bits per heavy atom. The number of hydrogen-bond acceptors (Lipinski definition) is 4. The molecule has 0 heterocycles. The number of aryl methyl sites for hydroxylation is 1. The molecule has 3 aromatic rings. The topological polar surface area (TPSA) is 66.5 Å². The number of amides is 1. The molecule has 0 saturated carbocycles. The molecule has 3 aromatic carbocycles. The Morgan fingerprint density at radius 1 is 0.821 bits per heavy atom. The normalized spacial score (nSPS) is 11.0. The van der Waals surface area contributed by atoms with Gasteiger partial charge in [0.25, 0.3) is 0 Å². The highest BCUT2D eigenvalue weighted by Gasteiger charge is 2.18. The molecule has 0 aromatic heterocycles. The Hall–Kier alpha value is -3.12. The largest absolute Gasteiger partial charge is 0.340 e. The molecule has 0 spiro atoms. The van der Waals surface area contributed by atoms with Crippen LogP contribution in [0.5, 0.6) is 0 Å². The van der Waals surface area contributed by atoms with Crippen molar-refractivity contribution < 1.29 is 13.2 Å². The monoisotopic (exact) mass is 394 g/mol. The van der Waals surface area contributed by atoms with E-state index in [4.69, 9.17) is 0 Å². The van der Waals surface area contributed by atoms with E-state index in [1.165, 1.54) is 0 Å². The van der Waals surface area contributed by atoms with Crippen molar-refractivity contribution in [3.8, 4) is 0 Å². The molecule has 0 atom stereocenters. The molecule has 0 unspecified atom stereocenters. The highest BCUT2D eigenvalue weighted by atomic mass is 32.2. The van der Waals surface area contributed by atoms with E-state index in [1.54, 1.807) is 24.3 Å². The summed E-state index contributed by atoms with van der Waals surface area (Å²) in [4.78, 5) is 14.6. The fourth-order valence-electron chi connectivity index (χ4n) is 2.75. The Kier molecular flexibility index (Phi) is 6.11. The fourth-order valence-corrected chi connectivity index (χ4v) is 3.82. The molecule has 144 valence electrons. The lowest BCUT2D eigenvalue weighted by molar-refractivity contribution is -0.119. The van der Waals surface area contributed by atoms with Gasteiger partial charge in [-0.25, -0.2) is 8.42 Å². The van der Waals surface area contributed by atoms with Crippen LogP contribution in [0.4, 0.5) is 11.4 Å². The van der Waals surface area contributed by atoms with Crippen LogP contribution in [-0.4, -0.2) is 26.7 Å². The molecular formula is C22H22N2O3S. The number of hydrogen-bond donors (Lipinski definition) is 1. The minimum Gasteiger partial charge on any atom is -0.340 e. The maximum absolute atomic E-state index is 12.5. The van der Waals surface area contributed by atoms with Crippen LogP contribution in [0, 0.1) is 6.92 Å². The van der Waals surface area contributed by atoms with Gasteiger partial charge in [0, 0.05) is 11.4 Å². The van der Waals surface area contributed by atoms with Crippen molar-refractivity contribution in [2.45, 2.75) is 11.8 Å². The molecule has 0 saturated heterocycles. The number of benzene rings is 3. The number of rotatable bonds is 7. The van der Waals surface area contributed by atoms with E-state index in [2.05, 4.69) is 5.32 Å². The number of nitrogens with one attached hydrogen (secondary N) is 1. The molecule has 0 fully saturated rings. The second-order valence-corrected chi connectivity index (χ2v) is 8.42. The van der Waals surface area contributed by atoms with Crippen LogP contribution in [0.2, 0.25) is 0 Å². The van der Waals surface area contributed by atoms with Crippen molar-refractivity contribution in [3.63, 3.8) is 0 Å².